The molecule has 37 heavy (non-hydrogen) atoms. The number of benzene rings is 1. The quantitative estimate of drug-likeness (QED) is 0.381. The molecule has 2 heterocycles. The molecular weight excluding hydrogens is 528 g/mol. The Balaban J connectivity index is 0.00000380. The van der Waals surface area contributed by atoms with Gasteiger partial charge in [-0.05, 0) is 55.2 Å². The fourth-order valence-electron chi connectivity index (χ4n) is 4.22. The summed E-state index contributed by atoms with van der Waals surface area (Å²) in [5, 5.41) is 23.3. The first-order chi connectivity index (χ1) is 17.0. The first kappa shape index (κ1) is 29.7. The third-order valence-corrected chi connectivity index (χ3v) is 6.51. The topological polar surface area (TPSA) is 121 Å². The van der Waals surface area contributed by atoms with E-state index in [1.165, 1.54) is 6.07 Å². The van der Waals surface area contributed by atoms with Gasteiger partial charge in [0.1, 0.15) is 5.76 Å². The number of anilines is 1. The Bertz CT molecular complexity index is 1260. The molecule has 11 heteroatoms. The van der Waals surface area contributed by atoms with Crippen molar-refractivity contribution in [2.24, 2.45) is 5.41 Å². The van der Waals surface area contributed by atoms with Crippen molar-refractivity contribution >= 4 is 40.8 Å². The molecule has 8 nitrogen and oxygen atoms in total. The van der Waals surface area contributed by atoms with Gasteiger partial charge in [0.15, 0.2) is 11.5 Å². The summed E-state index contributed by atoms with van der Waals surface area (Å²) in [4.78, 5) is 24.2. The second-order valence-electron chi connectivity index (χ2n) is 10.5. The van der Waals surface area contributed by atoms with E-state index in [0.717, 1.165) is 24.2 Å². The van der Waals surface area contributed by atoms with Crippen molar-refractivity contribution in [2.75, 3.05) is 5.32 Å². The maximum Gasteiger partial charge on any atom is 1.00 e. The summed E-state index contributed by atoms with van der Waals surface area (Å²) < 4.78 is 11.3. The second-order valence-corrected chi connectivity index (χ2v) is 11.3. The number of nitrogens with zero attached hydrogens (tertiary/aromatic N) is 2. The monoisotopic (exact) mass is 555 g/mol. The number of carbonyl (C=O) groups is 2. The minimum absolute atomic E-state index is 0. The van der Waals surface area contributed by atoms with Crippen molar-refractivity contribution in [3.05, 3.63) is 51.3 Å². The number of nitrogens with one attached hydrogen (secondary N) is 1. The van der Waals surface area contributed by atoms with Gasteiger partial charge in [-0.25, -0.2) is 0 Å². The van der Waals surface area contributed by atoms with Crippen LogP contribution in [0.2, 0.25) is 10.0 Å². The third kappa shape index (κ3) is 8.07. The summed E-state index contributed by atoms with van der Waals surface area (Å²) in [5.74, 6) is -0.559. The van der Waals surface area contributed by atoms with Crippen molar-refractivity contribution in [1.82, 2.24) is 10.3 Å². The van der Waals surface area contributed by atoms with Crippen LogP contribution in [0.4, 0.5) is 5.69 Å². The van der Waals surface area contributed by atoms with Crippen LogP contribution in [0.25, 0.3) is 11.5 Å². The zero-order chi connectivity index (χ0) is 26.0. The van der Waals surface area contributed by atoms with E-state index in [0.29, 0.717) is 39.3 Å². The Kier molecular flexibility index (Phi) is 9.91. The van der Waals surface area contributed by atoms with Gasteiger partial charge in [0, 0.05) is 41.4 Å². The molecule has 1 N–H and O–H groups in total. The summed E-state index contributed by atoms with van der Waals surface area (Å²) in [6, 6.07) is 6.62. The molecule has 1 fully saturated rings. The van der Waals surface area contributed by atoms with E-state index in [4.69, 9.17) is 32.2 Å². The predicted octanol–water partition coefficient (Wildman–Crippen LogP) is 2.75. The minimum atomic E-state index is -1.19. The Hall–Kier alpha value is -1.84. The number of carbonyl (C=O) groups excluding carboxylic acids is 2. The molecule has 4 rings (SSSR count). The van der Waals surface area contributed by atoms with Crippen LogP contribution >= 0.6 is 23.2 Å². The standard InChI is InChI=1S/C26H29Cl2N3O5.Na/c1-26(2,3)13-17-12-20(30-35-17)25-23(14-4-5-14)24(31-36-25)15(6-9-22(33)34)10-21(32)29-19-8-7-16(27)11-18(19)28;/h7-8,11-12,14-15H,4-6,9-10,13H2,1-3H3,(H,29,32)(H,33,34);/q;+1/p-1/t15-;/m0./s1. The van der Waals surface area contributed by atoms with Crippen LogP contribution in [0.15, 0.2) is 33.3 Å². The normalized spacial score (nSPS) is 14.2. The van der Waals surface area contributed by atoms with Crippen LogP contribution < -0.4 is 40.0 Å². The number of hydrogen-bond acceptors (Lipinski definition) is 7. The molecule has 0 bridgehead atoms. The van der Waals surface area contributed by atoms with Gasteiger partial charge in [-0.1, -0.05) is 54.3 Å². The van der Waals surface area contributed by atoms with E-state index in [2.05, 4.69) is 36.4 Å². The van der Waals surface area contributed by atoms with E-state index < -0.39 is 11.9 Å². The van der Waals surface area contributed by atoms with Gasteiger partial charge in [-0.2, -0.15) is 0 Å². The van der Waals surface area contributed by atoms with Crippen molar-refractivity contribution < 1.29 is 53.3 Å². The zero-order valence-corrected chi connectivity index (χ0v) is 24.9. The predicted molar refractivity (Wildman–Crippen MR) is 134 cm³/mol. The number of hydrogen-bond donors (Lipinski definition) is 1. The molecule has 1 aromatic carbocycles. The minimum Gasteiger partial charge on any atom is -0.550 e. The number of carboxylic acid groups (broad SMARTS) is 1. The molecule has 1 amide bonds. The van der Waals surface area contributed by atoms with Gasteiger partial charge in [0.2, 0.25) is 5.91 Å². The van der Waals surface area contributed by atoms with Gasteiger partial charge in [-0.3, -0.25) is 4.79 Å². The summed E-state index contributed by atoms with van der Waals surface area (Å²) in [6.07, 6.45) is 2.56. The van der Waals surface area contributed by atoms with Crippen LogP contribution in [0.3, 0.4) is 0 Å². The first-order valence-electron chi connectivity index (χ1n) is 11.9. The Morgan fingerprint density at radius 2 is 1.89 bits per heavy atom. The number of carboxylic acids is 1. The SMILES string of the molecule is CC(C)(C)Cc1cc(-c2onc([C@@H](CCC(=O)[O-])CC(=O)Nc3ccc(Cl)cc3Cl)c2C2CC2)no1.[Na+]. The van der Waals surface area contributed by atoms with Crippen LogP contribution in [0.5, 0.6) is 0 Å². The number of halogens is 2. The molecule has 1 aliphatic carbocycles. The molecule has 3 aromatic rings. The van der Waals surface area contributed by atoms with Crippen LogP contribution in [-0.4, -0.2) is 22.2 Å². The van der Waals surface area contributed by atoms with E-state index in [1.807, 2.05) is 6.07 Å². The number of amides is 1. The molecule has 1 aliphatic rings. The van der Waals surface area contributed by atoms with E-state index in [1.54, 1.807) is 12.1 Å². The zero-order valence-electron chi connectivity index (χ0n) is 21.4. The molecule has 192 valence electrons. The molecule has 0 saturated heterocycles. The van der Waals surface area contributed by atoms with Gasteiger partial charge in [0.05, 0.1) is 16.4 Å². The maximum absolute atomic E-state index is 12.9. The summed E-state index contributed by atoms with van der Waals surface area (Å²) >= 11 is 12.1. The van der Waals surface area contributed by atoms with Crippen LogP contribution in [-0.2, 0) is 16.0 Å². The third-order valence-electron chi connectivity index (χ3n) is 5.96. The van der Waals surface area contributed by atoms with E-state index in [-0.39, 0.29) is 66.1 Å². The fraction of sp³-hybridized carbons (Fsp3) is 0.462. The number of rotatable bonds is 10. The van der Waals surface area contributed by atoms with Crippen molar-refractivity contribution in [3.63, 3.8) is 0 Å². The second kappa shape index (κ2) is 12.3. The van der Waals surface area contributed by atoms with Gasteiger partial charge < -0.3 is 24.3 Å². The molecule has 0 unspecified atom stereocenters. The molecule has 1 atom stereocenters. The smallest absolute Gasteiger partial charge is 0.550 e. The Morgan fingerprint density at radius 1 is 1.16 bits per heavy atom. The van der Waals surface area contributed by atoms with Crippen molar-refractivity contribution in [3.8, 4) is 11.5 Å². The van der Waals surface area contributed by atoms with Crippen molar-refractivity contribution in [2.45, 2.75) is 71.1 Å². The Labute approximate surface area is 247 Å². The van der Waals surface area contributed by atoms with E-state index in [9.17, 15) is 14.7 Å². The summed E-state index contributed by atoms with van der Waals surface area (Å²) in [5.41, 5.74) is 2.43. The van der Waals surface area contributed by atoms with Crippen molar-refractivity contribution in [1.29, 1.82) is 0 Å². The molecule has 2 aromatic heterocycles. The molecule has 1 saturated carbocycles. The van der Waals surface area contributed by atoms with E-state index >= 15 is 0 Å². The molecule has 0 spiro atoms. The van der Waals surface area contributed by atoms with Crippen LogP contribution in [0, 0.1) is 5.41 Å². The Morgan fingerprint density at radius 3 is 2.51 bits per heavy atom. The molecular formula is C26H28Cl2N3NaO5. The summed E-state index contributed by atoms with van der Waals surface area (Å²) in [7, 11) is 0. The molecule has 0 aliphatic heterocycles. The van der Waals surface area contributed by atoms with Gasteiger partial charge >= 0.3 is 29.6 Å². The largest absolute Gasteiger partial charge is 1.00 e. The number of aromatic nitrogens is 2. The first-order valence-corrected chi connectivity index (χ1v) is 12.7. The fourth-order valence-corrected chi connectivity index (χ4v) is 4.68. The average molecular weight is 556 g/mol. The summed E-state index contributed by atoms with van der Waals surface area (Å²) in [6.45, 7) is 6.34. The maximum atomic E-state index is 12.9. The van der Waals surface area contributed by atoms with Gasteiger partial charge in [-0.15, -0.1) is 0 Å². The van der Waals surface area contributed by atoms with Gasteiger partial charge in [0.25, 0.3) is 0 Å². The molecule has 0 radical (unpaired) electrons. The average Bonchev–Trinajstić information content (AvgIpc) is 3.35. The number of aliphatic carboxylic acids is 1. The van der Waals surface area contributed by atoms with Crippen LogP contribution in [0.1, 0.15) is 81.7 Å².